The molecule has 0 aliphatic rings. The molecule has 76 valence electrons. The van der Waals surface area contributed by atoms with Crippen LogP contribution in [0.4, 0.5) is 10.6 Å². The van der Waals surface area contributed by atoms with Gasteiger partial charge in [0.2, 0.25) is 0 Å². The standard InChI is InChI=1S/C6H9N5O3/c1-10(8)6(14)11-2-9-3(4(11)7)5(12)13/h2H,7-8H2,1H3,(H,12,13). The van der Waals surface area contributed by atoms with Crippen LogP contribution in [0.1, 0.15) is 10.5 Å². The van der Waals surface area contributed by atoms with E-state index >= 15 is 0 Å². The number of carboxylic acid groups (broad SMARTS) is 1. The van der Waals surface area contributed by atoms with E-state index in [1.807, 2.05) is 0 Å². The van der Waals surface area contributed by atoms with Crippen molar-refractivity contribution >= 4 is 17.8 Å². The second kappa shape index (κ2) is 3.34. The predicted octanol–water partition coefficient (Wildman–Crippen LogP) is -1.06. The Balaban J connectivity index is 3.13. The highest BCUT2D eigenvalue weighted by molar-refractivity contribution is 5.93. The van der Waals surface area contributed by atoms with Crippen LogP contribution in [0.15, 0.2) is 6.33 Å². The number of aromatic carboxylic acids is 1. The van der Waals surface area contributed by atoms with Crippen molar-refractivity contribution in [2.75, 3.05) is 12.8 Å². The Morgan fingerprint density at radius 2 is 2.21 bits per heavy atom. The Kier molecular flexibility index (Phi) is 2.38. The van der Waals surface area contributed by atoms with Gasteiger partial charge < -0.3 is 10.8 Å². The van der Waals surface area contributed by atoms with E-state index in [-0.39, 0.29) is 11.5 Å². The molecule has 14 heavy (non-hydrogen) atoms. The van der Waals surface area contributed by atoms with E-state index in [1.165, 1.54) is 7.05 Å². The number of carbonyl (C=O) groups is 2. The van der Waals surface area contributed by atoms with Crippen molar-refractivity contribution in [2.45, 2.75) is 0 Å². The van der Waals surface area contributed by atoms with E-state index in [0.29, 0.717) is 0 Å². The number of nitrogens with two attached hydrogens (primary N) is 2. The van der Waals surface area contributed by atoms with Crippen molar-refractivity contribution in [1.29, 1.82) is 0 Å². The van der Waals surface area contributed by atoms with Crippen LogP contribution >= 0.6 is 0 Å². The third-order valence-corrected chi connectivity index (χ3v) is 1.51. The first kappa shape index (κ1) is 9.99. The molecule has 5 N–H and O–H groups in total. The van der Waals surface area contributed by atoms with Gasteiger partial charge in [-0.3, -0.25) is 5.01 Å². The molecule has 1 aromatic heterocycles. The summed E-state index contributed by atoms with van der Waals surface area (Å²) >= 11 is 0. The fourth-order valence-corrected chi connectivity index (χ4v) is 0.845. The molecule has 0 aliphatic carbocycles. The fourth-order valence-electron chi connectivity index (χ4n) is 0.845. The number of carbonyl (C=O) groups excluding carboxylic acids is 1. The van der Waals surface area contributed by atoms with E-state index in [0.717, 1.165) is 15.9 Å². The molecule has 0 radical (unpaired) electrons. The maximum atomic E-state index is 11.3. The van der Waals surface area contributed by atoms with Crippen molar-refractivity contribution < 1.29 is 14.7 Å². The van der Waals surface area contributed by atoms with Crippen molar-refractivity contribution in [3.05, 3.63) is 12.0 Å². The van der Waals surface area contributed by atoms with Crippen LogP contribution in [0.2, 0.25) is 0 Å². The van der Waals surface area contributed by atoms with Crippen LogP contribution in [0.25, 0.3) is 0 Å². The first-order chi connectivity index (χ1) is 6.45. The summed E-state index contributed by atoms with van der Waals surface area (Å²) in [5.74, 6) is 3.61. The molecule has 8 nitrogen and oxygen atoms in total. The van der Waals surface area contributed by atoms with Crippen molar-refractivity contribution in [1.82, 2.24) is 14.6 Å². The summed E-state index contributed by atoms with van der Waals surface area (Å²) in [5, 5.41) is 9.35. The third-order valence-electron chi connectivity index (χ3n) is 1.51. The molecule has 0 aromatic carbocycles. The van der Waals surface area contributed by atoms with Gasteiger partial charge in [-0.25, -0.2) is 25.0 Å². The summed E-state index contributed by atoms with van der Waals surface area (Å²) in [7, 11) is 1.31. The van der Waals surface area contributed by atoms with Gasteiger partial charge in [0.15, 0.2) is 5.69 Å². The molecule has 0 aliphatic heterocycles. The smallest absolute Gasteiger partial charge is 0.358 e. The average Bonchev–Trinajstić information content (AvgIpc) is 2.45. The average molecular weight is 199 g/mol. The lowest BCUT2D eigenvalue weighted by molar-refractivity contribution is 0.0692. The Labute approximate surface area is 78.7 Å². The number of aromatic nitrogens is 2. The summed E-state index contributed by atoms with van der Waals surface area (Å²) in [5.41, 5.74) is 4.98. The van der Waals surface area contributed by atoms with Gasteiger partial charge in [-0.2, -0.15) is 0 Å². The van der Waals surface area contributed by atoms with Crippen LogP contribution in [-0.4, -0.2) is 38.7 Å². The minimum absolute atomic E-state index is 0.250. The molecule has 0 saturated heterocycles. The number of amides is 1. The van der Waals surface area contributed by atoms with Gasteiger partial charge in [0.1, 0.15) is 12.1 Å². The van der Waals surface area contributed by atoms with Gasteiger partial charge in [-0.05, 0) is 0 Å². The number of rotatable bonds is 1. The van der Waals surface area contributed by atoms with Gasteiger partial charge >= 0.3 is 12.0 Å². The number of hydrazine groups is 1. The third kappa shape index (κ3) is 1.50. The number of hydrogen-bond acceptors (Lipinski definition) is 5. The SMILES string of the molecule is CN(N)C(=O)n1cnc(C(=O)O)c1N. The predicted molar refractivity (Wildman–Crippen MR) is 46.3 cm³/mol. The van der Waals surface area contributed by atoms with Crippen molar-refractivity contribution in [2.24, 2.45) is 5.84 Å². The van der Waals surface area contributed by atoms with Crippen molar-refractivity contribution in [3.63, 3.8) is 0 Å². The minimum atomic E-state index is -1.30. The molecule has 1 amide bonds. The summed E-state index contributed by atoms with van der Waals surface area (Å²) in [4.78, 5) is 25.2. The molecule has 1 rings (SSSR count). The lowest BCUT2D eigenvalue weighted by atomic mass is 10.4. The molecule has 8 heteroatoms. The van der Waals surface area contributed by atoms with Gasteiger partial charge in [-0.1, -0.05) is 0 Å². The van der Waals surface area contributed by atoms with Gasteiger partial charge in [0, 0.05) is 7.05 Å². The number of imidazole rings is 1. The fraction of sp³-hybridized carbons (Fsp3) is 0.167. The van der Waals surface area contributed by atoms with Crippen LogP contribution < -0.4 is 11.6 Å². The number of nitrogen functional groups attached to an aromatic ring is 1. The van der Waals surface area contributed by atoms with E-state index in [2.05, 4.69) is 4.98 Å². The molecular formula is C6H9N5O3. The molecule has 0 fully saturated rings. The Morgan fingerprint density at radius 1 is 1.64 bits per heavy atom. The number of hydrogen-bond donors (Lipinski definition) is 3. The van der Waals surface area contributed by atoms with E-state index in [9.17, 15) is 9.59 Å². The first-order valence-corrected chi connectivity index (χ1v) is 3.54. The zero-order valence-corrected chi connectivity index (χ0v) is 7.34. The summed E-state index contributed by atoms with van der Waals surface area (Å²) in [6, 6.07) is -0.664. The maximum Gasteiger partial charge on any atom is 0.358 e. The monoisotopic (exact) mass is 199 g/mol. The Bertz CT molecular complexity index is 383. The lowest BCUT2D eigenvalue weighted by Gasteiger charge is -2.10. The van der Waals surface area contributed by atoms with Gasteiger partial charge in [0.05, 0.1) is 0 Å². The van der Waals surface area contributed by atoms with E-state index in [4.69, 9.17) is 16.7 Å². The summed E-state index contributed by atoms with van der Waals surface area (Å²) < 4.78 is 0.851. The maximum absolute atomic E-state index is 11.3. The molecule has 0 spiro atoms. The van der Waals surface area contributed by atoms with Crippen molar-refractivity contribution in [3.8, 4) is 0 Å². The second-order valence-electron chi connectivity index (χ2n) is 2.55. The zero-order chi connectivity index (χ0) is 10.9. The second-order valence-corrected chi connectivity index (χ2v) is 2.55. The first-order valence-electron chi connectivity index (χ1n) is 3.54. The summed E-state index contributed by atoms with van der Waals surface area (Å²) in [6.45, 7) is 0. The normalized spacial score (nSPS) is 9.86. The number of nitrogens with zero attached hydrogens (tertiary/aromatic N) is 3. The summed E-state index contributed by atoms with van der Waals surface area (Å²) in [6.07, 6.45) is 1.00. The molecule has 0 saturated carbocycles. The molecule has 1 heterocycles. The largest absolute Gasteiger partial charge is 0.476 e. The van der Waals surface area contributed by atoms with E-state index in [1.54, 1.807) is 0 Å². The van der Waals surface area contributed by atoms with Crippen LogP contribution in [0, 0.1) is 0 Å². The Hall–Kier alpha value is -2.09. The minimum Gasteiger partial charge on any atom is -0.476 e. The zero-order valence-electron chi connectivity index (χ0n) is 7.34. The molecule has 1 aromatic rings. The van der Waals surface area contributed by atoms with Gasteiger partial charge in [0.25, 0.3) is 0 Å². The highest BCUT2D eigenvalue weighted by Gasteiger charge is 2.19. The highest BCUT2D eigenvalue weighted by atomic mass is 16.4. The Morgan fingerprint density at radius 3 is 2.57 bits per heavy atom. The van der Waals surface area contributed by atoms with Crippen LogP contribution in [0.3, 0.4) is 0 Å². The highest BCUT2D eigenvalue weighted by Crippen LogP contribution is 2.09. The topological polar surface area (TPSA) is 127 Å². The van der Waals surface area contributed by atoms with Gasteiger partial charge in [-0.15, -0.1) is 0 Å². The number of anilines is 1. The number of carboxylic acids is 1. The molecule has 0 bridgehead atoms. The van der Waals surface area contributed by atoms with Crippen LogP contribution in [0.5, 0.6) is 0 Å². The molecule has 0 atom stereocenters. The molecular weight excluding hydrogens is 190 g/mol. The lowest BCUT2D eigenvalue weighted by Crippen LogP contribution is -2.36. The quantitative estimate of drug-likeness (QED) is 0.300. The van der Waals surface area contributed by atoms with E-state index < -0.39 is 12.0 Å². The molecule has 0 unspecified atom stereocenters. The van der Waals surface area contributed by atoms with Crippen LogP contribution in [-0.2, 0) is 0 Å².